The Hall–Kier alpha value is -1.52. The summed E-state index contributed by atoms with van der Waals surface area (Å²) in [5.41, 5.74) is 1.44. The lowest BCUT2D eigenvalue weighted by atomic mass is 10.1. The number of carbonyl (C=O) groups excluding carboxylic acids is 1. The molecule has 0 radical (unpaired) electrons. The summed E-state index contributed by atoms with van der Waals surface area (Å²) in [4.78, 5) is 14.2. The maximum atomic E-state index is 12.5. The number of benzene rings is 1. The molecule has 5 heteroatoms. The average molecular weight is 294 g/mol. The van der Waals surface area contributed by atoms with E-state index in [1.807, 2.05) is 12.1 Å². The van der Waals surface area contributed by atoms with Gasteiger partial charge >= 0.3 is 0 Å². The van der Waals surface area contributed by atoms with Crippen molar-refractivity contribution < 1.29 is 14.6 Å². The molecule has 2 aliphatic heterocycles. The third-order valence-corrected chi connectivity index (χ3v) is 4.04. The molecule has 2 heterocycles. The quantitative estimate of drug-likeness (QED) is 0.908. The minimum absolute atomic E-state index is 0.0162. The molecular weight excluding hydrogens is 278 g/mol. The van der Waals surface area contributed by atoms with Gasteiger partial charge < -0.3 is 14.7 Å². The lowest BCUT2D eigenvalue weighted by molar-refractivity contribution is -0.128. The average Bonchev–Trinajstić information content (AvgIpc) is 2.94. The molecule has 1 aromatic carbocycles. The lowest BCUT2D eigenvalue weighted by Crippen LogP contribution is -2.39. The highest BCUT2D eigenvalue weighted by molar-refractivity contribution is 6.30. The van der Waals surface area contributed by atoms with Crippen LogP contribution in [0.5, 0.6) is 5.75 Å². The fourth-order valence-electron chi connectivity index (χ4n) is 2.75. The highest BCUT2D eigenvalue weighted by Gasteiger charge is 2.31. The largest absolute Gasteiger partial charge is 0.488 e. The number of nitrogens with zero attached hydrogens (tertiary/aromatic N) is 1. The van der Waals surface area contributed by atoms with Crippen molar-refractivity contribution in [2.45, 2.75) is 18.9 Å². The first-order valence-electron chi connectivity index (χ1n) is 6.74. The van der Waals surface area contributed by atoms with Crippen molar-refractivity contribution in [3.05, 3.63) is 34.4 Å². The van der Waals surface area contributed by atoms with E-state index in [-0.39, 0.29) is 25.2 Å². The van der Waals surface area contributed by atoms with E-state index >= 15 is 0 Å². The number of rotatable bonds is 2. The molecule has 1 N–H and O–H groups in total. The van der Waals surface area contributed by atoms with Gasteiger partial charge in [0.25, 0.3) is 5.91 Å². The van der Waals surface area contributed by atoms with Crippen LogP contribution in [0.3, 0.4) is 0 Å². The van der Waals surface area contributed by atoms with Gasteiger partial charge in [0.1, 0.15) is 12.4 Å². The number of aliphatic hydroxyl groups is 1. The molecule has 0 aliphatic carbocycles. The molecule has 4 nitrogen and oxygen atoms in total. The lowest BCUT2D eigenvalue weighted by Gasteiger charge is -2.26. The van der Waals surface area contributed by atoms with Crippen LogP contribution >= 0.6 is 11.6 Å². The minimum Gasteiger partial charge on any atom is -0.488 e. The second kappa shape index (κ2) is 5.46. The van der Waals surface area contributed by atoms with E-state index in [9.17, 15) is 9.90 Å². The summed E-state index contributed by atoms with van der Waals surface area (Å²) in [6, 6.07) is 5.30. The van der Waals surface area contributed by atoms with Gasteiger partial charge in [-0.05, 0) is 37.1 Å². The third kappa shape index (κ3) is 2.41. The fraction of sp³-hybridized carbons (Fsp3) is 0.400. The Morgan fingerprint density at radius 2 is 2.35 bits per heavy atom. The molecule has 0 aromatic heterocycles. The van der Waals surface area contributed by atoms with Gasteiger partial charge in [-0.15, -0.1) is 0 Å². The zero-order valence-electron chi connectivity index (χ0n) is 11.0. The minimum atomic E-state index is -0.0656. The van der Waals surface area contributed by atoms with Gasteiger partial charge in [-0.2, -0.15) is 0 Å². The normalized spacial score (nSPS) is 21.2. The van der Waals surface area contributed by atoms with Gasteiger partial charge in [-0.25, -0.2) is 0 Å². The van der Waals surface area contributed by atoms with Crippen molar-refractivity contribution in [1.82, 2.24) is 4.90 Å². The van der Waals surface area contributed by atoms with E-state index in [0.29, 0.717) is 17.1 Å². The number of hydrogen-bond acceptors (Lipinski definition) is 3. The molecule has 1 atom stereocenters. The number of amides is 1. The topological polar surface area (TPSA) is 49.8 Å². The van der Waals surface area contributed by atoms with Crippen molar-refractivity contribution in [2.75, 3.05) is 19.8 Å². The van der Waals surface area contributed by atoms with Crippen molar-refractivity contribution in [1.29, 1.82) is 0 Å². The van der Waals surface area contributed by atoms with E-state index < -0.39 is 0 Å². The molecule has 0 bridgehead atoms. The van der Waals surface area contributed by atoms with Gasteiger partial charge in [-0.3, -0.25) is 4.79 Å². The first kappa shape index (κ1) is 13.5. The van der Waals surface area contributed by atoms with E-state index in [1.165, 1.54) is 0 Å². The highest BCUT2D eigenvalue weighted by atomic mass is 35.5. The molecule has 1 aromatic rings. The van der Waals surface area contributed by atoms with Crippen LogP contribution in [0.15, 0.2) is 23.8 Å². The number of ether oxygens (including phenoxy) is 1. The van der Waals surface area contributed by atoms with Gasteiger partial charge in [0.2, 0.25) is 0 Å². The van der Waals surface area contributed by atoms with Crippen molar-refractivity contribution in [3.8, 4) is 5.75 Å². The molecule has 0 unspecified atom stereocenters. The molecule has 2 aliphatic rings. The zero-order chi connectivity index (χ0) is 14.1. The summed E-state index contributed by atoms with van der Waals surface area (Å²) in [6.07, 6.45) is 3.63. The first-order chi connectivity index (χ1) is 9.69. The van der Waals surface area contributed by atoms with E-state index in [0.717, 1.165) is 24.2 Å². The fourth-order valence-corrected chi connectivity index (χ4v) is 2.93. The predicted molar refractivity (Wildman–Crippen MR) is 76.7 cm³/mol. The maximum Gasteiger partial charge on any atom is 0.253 e. The van der Waals surface area contributed by atoms with Crippen LogP contribution in [0.2, 0.25) is 5.02 Å². The van der Waals surface area contributed by atoms with Crippen molar-refractivity contribution in [3.63, 3.8) is 0 Å². The number of hydrogen-bond donors (Lipinski definition) is 1. The first-order valence-corrected chi connectivity index (χ1v) is 7.11. The van der Waals surface area contributed by atoms with E-state index in [4.69, 9.17) is 16.3 Å². The van der Waals surface area contributed by atoms with Crippen molar-refractivity contribution in [2.24, 2.45) is 0 Å². The smallest absolute Gasteiger partial charge is 0.253 e. The summed E-state index contributed by atoms with van der Waals surface area (Å²) in [6.45, 7) is 0.980. The van der Waals surface area contributed by atoms with Crippen LogP contribution in [0.1, 0.15) is 18.4 Å². The number of carbonyl (C=O) groups is 1. The Morgan fingerprint density at radius 3 is 3.15 bits per heavy atom. The molecule has 3 rings (SSSR count). The molecule has 1 amide bonds. The van der Waals surface area contributed by atoms with Gasteiger partial charge in [-0.1, -0.05) is 11.6 Å². The summed E-state index contributed by atoms with van der Waals surface area (Å²) in [7, 11) is 0. The Morgan fingerprint density at radius 1 is 1.50 bits per heavy atom. The Balaban J connectivity index is 1.86. The van der Waals surface area contributed by atoms with Gasteiger partial charge in [0, 0.05) is 17.1 Å². The molecule has 106 valence electrons. The van der Waals surface area contributed by atoms with Crippen LogP contribution in [-0.2, 0) is 4.79 Å². The van der Waals surface area contributed by atoms with Crippen LogP contribution in [0.4, 0.5) is 0 Å². The molecular formula is C15H16ClNO3. The summed E-state index contributed by atoms with van der Waals surface area (Å²) < 4.78 is 5.60. The molecule has 1 saturated heterocycles. The van der Waals surface area contributed by atoms with Gasteiger partial charge in [0.15, 0.2) is 0 Å². The molecule has 1 fully saturated rings. The standard InChI is InChI=1S/C15H16ClNO3/c16-12-3-4-14-10(7-12)6-11(9-20-14)15(19)17-5-1-2-13(17)8-18/h3-4,6-7,13,18H,1-2,5,8-9H2/t13-/m0/s1. The van der Waals surface area contributed by atoms with Crippen LogP contribution in [0, 0.1) is 0 Å². The number of likely N-dealkylation sites (tertiary alicyclic amines) is 1. The SMILES string of the molecule is O=C(C1=Cc2cc(Cl)ccc2OC1)N1CCC[C@H]1CO. The Kier molecular flexibility index (Phi) is 3.68. The molecule has 0 spiro atoms. The van der Waals surface area contributed by atoms with Crippen LogP contribution < -0.4 is 4.74 Å². The Labute approximate surface area is 122 Å². The van der Waals surface area contributed by atoms with Crippen LogP contribution in [-0.4, -0.2) is 41.7 Å². The summed E-state index contributed by atoms with van der Waals surface area (Å²) >= 11 is 5.96. The number of aliphatic hydroxyl groups excluding tert-OH is 1. The molecule has 0 saturated carbocycles. The highest BCUT2D eigenvalue weighted by Crippen LogP contribution is 2.30. The number of halogens is 1. The second-order valence-corrected chi connectivity index (χ2v) is 5.55. The van der Waals surface area contributed by atoms with Gasteiger partial charge in [0.05, 0.1) is 18.2 Å². The summed E-state index contributed by atoms with van der Waals surface area (Å²) in [5.74, 6) is 0.693. The predicted octanol–water partition coefficient (Wildman–Crippen LogP) is 2.10. The van der Waals surface area contributed by atoms with Crippen molar-refractivity contribution >= 4 is 23.6 Å². The molecule has 20 heavy (non-hydrogen) atoms. The Bertz CT molecular complexity index is 570. The number of fused-ring (bicyclic) bond motifs is 1. The van der Waals surface area contributed by atoms with E-state index in [2.05, 4.69) is 0 Å². The zero-order valence-corrected chi connectivity index (χ0v) is 11.8. The van der Waals surface area contributed by atoms with Crippen LogP contribution in [0.25, 0.3) is 6.08 Å². The summed E-state index contributed by atoms with van der Waals surface area (Å²) in [5, 5.41) is 9.93. The third-order valence-electron chi connectivity index (χ3n) is 3.81. The van der Waals surface area contributed by atoms with E-state index in [1.54, 1.807) is 17.0 Å². The maximum absolute atomic E-state index is 12.5. The monoisotopic (exact) mass is 293 g/mol. The second-order valence-electron chi connectivity index (χ2n) is 5.12.